The molecule has 0 radical (unpaired) electrons. The van der Waals surface area contributed by atoms with Crippen molar-refractivity contribution in [3.63, 3.8) is 0 Å². The molecule has 1 unspecified atom stereocenters. The number of thioether (sulfide) groups is 1. The molecule has 5 heteroatoms. The number of aliphatic hydroxyl groups excluding tert-OH is 1. The number of hydrogen-bond acceptors (Lipinski definition) is 3. The topological polar surface area (TPSA) is 32.3 Å². The average molecular weight is 275 g/mol. The third-order valence-corrected chi connectivity index (χ3v) is 4.02. The Morgan fingerprint density at radius 3 is 2.56 bits per heavy atom. The van der Waals surface area contributed by atoms with E-state index in [1.807, 2.05) is 6.26 Å². The van der Waals surface area contributed by atoms with Crippen LogP contribution < -0.4 is 5.32 Å². The zero-order valence-corrected chi connectivity index (χ0v) is 11.7. The molecular formula is C13H19F2NOS. The molecule has 0 saturated carbocycles. The van der Waals surface area contributed by atoms with E-state index in [0.29, 0.717) is 12.1 Å². The van der Waals surface area contributed by atoms with Crippen molar-refractivity contribution in [2.45, 2.75) is 24.7 Å². The lowest BCUT2D eigenvalue weighted by molar-refractivity contribution is 0.173. The van der Waals surface area contributed by atoms with Gasteiger partial charge in [-0.15, -0.1) is 0 Å². The molecule has 0 aliphatic heterocycles. The Bertz CT molecular complexity index is 399. The van der Waals surface area contributed by atoms with Gasteiger partial charge in [-0.2, -0.15) is 11.8 Å². The minimum absolute atomic E-state index is 0.0771. The number of hydrogen-bond donors (Lipinski definition) is 2. The second kappa shape index (κ2) is 6.50. The first-order valence-corrected chi connectivity index (χ1v) is 6.97. The van der Waals surface area contributed by atoms with E-state index < -0.39 is 17.7 Å². The van der Waals surface area contributed by atoms with Crippen LogP contribution in [0.3, 0.4) is 0 Å². The monoisotopic (exact) mass is 275 g/mol. The minimum Gasteiger partial charge on any atom is -0.387 e. The van der Waals surface area contributed by atoms with Crippen molar-refractivity contribution in [2.75, 3.05) is 19.3 Å². The molecule has 1 aromatic rings. The maximum Gasteiger partial charge on any atom is 0.159 e. The van der Waals surface area contributed by atoms with Crippen LogP contribution in [0, 0.1) is 11.6 Å². The molecule has 2 nitrogen and oxygen atoms in total. The van der Waals surface area contributed by atoms with Crippen LogP contribution >= 0.6 is 11.8 Å². The summed E-state index contributed by atoms with van der Waals surface area (Å²) in [6.07, 6.45) is 1.19. The molecule has 0 aliphatic carbocycles. The Morgan fingerprint density at radius 2 is 2.00 bits per heavy atom. The van der Waals surface area contributed by atoms with E-state index in [1.165, 1.54) is 6.07 Å². The largest absolute Gasteiger partial charge is 0.387 e. The van der Waals surface area contributed by atoms with Gasteiger partial charge in [-0.05, 0) is 37.8 Å². The van der Waals surface area contributed by atoms with Crippen molar-refractivity contribution in [1.82, 2.24) is 5.32 Å². The SMILES string of the molecule is CSC(C)(C)CNCC(O)c1ccc(F)c(F)c1. The minimum atomic E-state index is -0.934. The summed E-state index contributed by atoms with van der Waals surface area (Å²) >= 11 is 1.73. The molecule has 0 amide bonds. The molecule has 0 aliphatic rings. The van der Waals surface area contributed by atoms with E-state index in [1.54, 1.807) is 11.8 Å². The zero-order chi connectivity index (χ0) is 13.8. The summed E-state index contributed by atoms with van der Waals surface area (Å²) in [5.74, 6) is -1.83. The normalized spacial score (nSPS) is 13.7. The van der Waals surface area contributed by atoms with Crippen LogP contribution in [-0.2, 0) is 0 Å². The van der Waals surface area contributed by atoms with Crippen LogP contribution in [0.15, 0.2) is 18.2 Å². The van der Waals surface area contributed by atoms with E-state index in [9.17, 15) is 13.9 Å². The first-order chi connectivity index (χ1) is 8.35. The van der Waals surface area contributed by atoms with Gasteiger partial charge in [-0.25, -0.2) is 8.78 Å². The molecule has 1 rings (SSSR count). The third kappa shape index (κ3) is 4.55. The fourth-order valence-electron chi connectivity index (χ4n) is 1.42. The second-order valence-corrected chi connectivity index (χ2v) is 6.30. The van der Waals surface area contributed by atoms with Gasteiger partial charge in [0, 0.05) is 17.8 Å². The zero-order valence-electron chi connectivity index (χ0n) is 10.8. The maximum absolute atomic E-state index is 13.0. The molecule has 0 fully saturated rings. The molecule has 1 atom stereocenters. The molecule has 0 heterocycles. The maximum atomic E-state index is 13.0. The van der Waals surface area contributed by atoms with Gasteiger partial charge < -0.3 is 10.4 Å². The number of nitrogens with one attached hydrogen (secondary N) is 1. The van der Waals surface area contributed by atoms with Crippen LogP contribution in [0.1, 0.15) is 25.5 Å². The van der Waals surface area contributed by atoms with Gasteiger partial charge in [0.2, 0.25) is 0 Å². The molecule has 0 saturated heterocycles. The van der Waals surface area contributed by atoms with Gasteiger partial charge >= 0.3 is 0 Å². The summed E-state index contributed by atoms with van der Waals surface area (Å²) < 4.78 is 25.8. The van der Waals surface area contributed by atoms with E-state index in [4.69, 9.17) is 0 Å². The molecule has 0 bridgehead atoms. The van der Waals surface area contributed by atoms with Crippen LogP contribution in [0.4, 0.5) is 8.78 Å². The number of rotatable bonds is 6. The highest BCUT2D eigenvalue weighted by Gasteiger charge is 2.16. The van der Waals surface area contributed by atoms with Gasteiger partial charge in [-0.3, -0.25) is 0 Å². The number of benzene rings is 1. The smallest absolute Gasteiger partial charge is 0.159 e. The van der Waals surface area contributed by atoms with Crippen molar-refractivity contribution < 1.29 is 13.9 Å². The van der Waals surface area contributed by atoms with Gasteiger partial charge in [0.05, 0.1) is 6.10 Å². The molecule has 1 aromatic carbocycles. The van der Waals surface area contributed by atoms with Gasteiger partial charge in [0.1, 0.15) is 0 Å². The van der Waals surface area contributed by atoms with Crippen LogP contribution in [0.5, 0.6) is 0 Å². The molecule has 2 N–H and O–H groups in total. The van der Waals surface area contributed by atoms with E-state index in [-0.39, 0.29) is 4.75 Å². The summed E-state index contributed by atoms with van der Waals surface area (Å²) in [5.41, 5.74) is 0.378. The summed E-state index contributed by atoms with van der Waals surface area (Å²) in [7, 11) is 0. The van der Waals surface area contributed by atoms with E-state index in [2.05, 4.69) is 19.2 Å². The summed E-state index contributed by atoms with van der Waals surface area (Å²) in [6.45, 7) is 5.23. The van der Waals surface area contributed by atoms with Gasteiger partial charge in [-0.1, -0.05) is 6.07 Å². The first-order valence-electron chi connectivity index (χ1n) is 5.74. The predicted molar refractivity (Wildman–Crippen MR) is 71.8 cm³/mol. The van der Waals surface area contributed by atoms with Crippen molar-refractivity contribution in [2.24, 2.45) is 0 Å². The summed E-state index contributed by atoms with van der Waals surface area (Å²) in [6, 6.07) is 3.45. The van der Waals surface area contributed by atoms with E-state index >= 15 is 0 Å². The number of halogens is 2. The van der Waals surface area contributed by atoms with Crippen LogP contribution in [0.2, 0.25) is 0 Å². The van der Waals surface area contributed by atoms with Crippen molar-refractivity contribution in [3.8, 4) is 0 Å². The Labute approximate surface area is 111 Å². The Morgan fingerprint density at radius 1 is 1.33 bits per heavy atom. The van der Waals surface area contributed by atoms with Crippen LogP contribution in [-0.4, -0.2) is 29.2 Å². The molecular weight excluding hydrogens is 256 g/mol. The van der Waals surface area contributed by atoms with Gasteiger partial charge in [0.15, 0.2) is 11.6 Å². The lowest BCUT2D eigenvalue weighted by Gasteiger charge is -2.23. The Kier molecular flexibility index (Phi) is 5.56. The highest BCUT2D eigenvalue weighted by Crippen LogP contribution is 2.20. The Balaban J connectivity index is 2.50. The lowest BCUT2D eigenvalue weighted by Crippen LogP contribution is -2.34. The fourth-order valence-corrected chi connectivity index (χ4v) is 1.67. The van der Waals surface area contributed by atoms with Crippen LogP contribution in [0.25, 0.3) is 0 Å². The molecule has 18 heavy (non-hydrogen) atoms. The third-order valence-electron chi connectivity index (χ3n) is 2.77. The fraction of sp³-hybridized carbons (Fsp3) is 0.538. The highest BCUT2D eigenvalue weighted by molar-refractivity contribution is 7.99. The average Bonchev–Trinajstić information content (AvgIpc) is 2.32. The highest BCUT2D eigenvalue weighted by atomic mass is 32.2. The lowest BCUT2D eigenvalue weighted by atomic mass is 10.1. The first kappa shape index (κ1) is 15.4. The standard InChI is InChI=1S/C13H19F2NOS/c1-13(2,18-3)8-16-7-12(17)9-4-5-10(14)11(15)6-9/h4-6,12,16-17H,7-8H2,1-3H3. The summed E-state index contributed by atoms with van der Waals surface area (Å²) in [4.78, 5) is 0. The molecule has 102 valence electrons. The quantitative estimate of drug-likeness (QED) is 0.837. The van der Waals surface area contributed by atoms with Crippen molar-refractivity contribution in [3.05, 3.63) is 35.4 Å². The molecule has 0 spiro atoms. The van der Waals surface area contributed by atoms with Crippen molar-refractivity contribution in [1.29, 1.82) is 0 Å². The predicted octanol–water partition coefficient (Wildman–Crippen LogP) is 2.73. The van der Waals surface area contributed by atoms with E-state index in [0.717, 1.165) is 18.7 Å². The van der Waals surface area contributed by atoms with Crippen molar-refractivity contribution >= 4 is 11.8 Å². The Hall–Kier alpha value is -0.650. The number of aliphatic hydroxyl groups is 1. The van der Waals surface area contributed by atoms with Gasteiger partial charge in [0.25, 0.3) is 0 Å². The summed E-state index contributed by atoms with van der Waals surface area (Å²) in [5, 5.41) is 13.0. The second-order valence-electron chi connectivity index (χ2n) is 4.78. The molecule has 0 aromatic heterocycles.